The number of amides is 1. The highest BCUT2D eigenvalue weighted by molar-refractivity contribution is 6.33. The number of rotatable bonds is 4. The number of carbonyl (C=O) groups is 1. The third kappa shape index (κ3) is 3.73. The number of anilines is 1. The second-order valence-electron chi connectivity index (χ2n) is 4.98. The molecule has 2 aromatic carbocycles. The van der Waals surface area contributed by atoms with Gasteiger partial charge in [0.25, 0.3) is 0 Å². The van der Waals surface area contributed by atoms with Crippen LogP contribution in [0.4, 0.5) is 10.1 Å². The molecule has 0 fully saturated rings. The van der Waals surface area contributed by atoms with Crippen molar-refractivity contribution in [1.29, 1.82) is 0 Å². The molecule has 3 aromatic rings. The van der Waals surface area contributed by atoms with Crippen LogP contribution < -0.4 is 5.32 Å². The molecule has 5 heteroatoms. The van der Waals surface area contributed by atoms with E-state index in [4.69, 9.17) is 16.0 Å². The molecule has 0 saturated carbocycles. The molecule has 0 atom stereocenters. The molecule has 1 heterocycles. The minimum absolute atomic E-state index is 0.128. The Hall–Kier alpha value is -2.85. The van der Waals surface area contributed by atoms with Crippen LogP contribution in [0.2, 0.25) is 5.02 Å². The van der Waals surface area contributed by atoms with E-state index in [2.05, 4.69) is 5.32 Å². The summed E-state index contributed by atoms with van der Waals surface area (Å²) in [5.41, 5.74) is 0.901. The molecule has 0 saturated heterocycles. The molecule has 0 bridgehead atoms. The third-order valence-corrected chi connectivity index (χ3v) is 3.63. The van der Waals surface area contributed by atoms with Gasteiger partial charge in [-0.25, -0.2) is 4.39 Å². The monoisotopic (exact) mass is 341 g/mol. The molecule has 1 aromatic heterocycles. The maximum atomic E-state index is 13.5. The summed E-state index contributed by atoms with van der Waals surface area (Å²) in [5, 5.41) is 3.05. The van der Waals surface area contributed by atoms with E-state index in [1.54, 1.807) is 30.3 Å². The van der Waals surface area contributed by atoms with E-state index in [-0.39, 0.29) is 5.69 Å². The summed E-state index contributed by atoms with van der Waals surface area (Å²) in [6.07, 6.45) is 2.79. The van der Waals surface area contributed by atoms with Crippen LogP contribution in [0.25, 0.3) is 17.4 Å². The quantitative estimate of drug-likeness (QED) is 0.646. The number of para-hydroxylation sites is 1. The highest BCUT2D eigenvalue weighted by Crippen LogP contribution is 2.29. The van der Waals surface area contributed by atoms with Crippen LogP contribution in [0.3, 0.4) is 0 Å². The SMILES string of the molecule is O=C(/C=C/c1ccc(-c2ccccc2Cl)o1)Nc1ccccc1F. The summed E-state index contributed by atoms with van der Waals surface area (Å²) in [7, 11) is 0. The highest BCUT2D eigenvalue weighted by Gasteiger charge is 2.07. The summed E-state index contributed by atoms with van der Waals surface area (Å²) >= 11 is 6.12. The molecular formula is C19H13ClFNO2. The molecule has 0 aliphatic carbocycles. The van der Waals surface area contributed by atoms with Crippen molar-refractivity contribution >= 4 is 29.3 Å². The molecule has 120 valence electrons. The zero-order chi connectivity index (χ0) is 16.9. The molecule has 1 N–H and O–H groups in total. The molecule has 3 nitrogen and oxygen atoms in total. The van der Waals surface area contributed by atoms with Gasteiger partial charge in [-0.15, -0.1) is 0 Å². The number of nitrogens with one attached hydrogen (secondary N) is 1. The van der Waals surface area contributed by atoms with Gasteiger partial charge in [-0.2, -0.15) is 0 Å². The van der Waals surface area contributed by atoms with Crippen molar-refractivity contribution < 1.29 is 13.6 Å². The lowest BCUT2D eigenvalue weighted by molar-refractivity contribution is -0.111. The smallest absolute Gasteiger partial charge is 0.248 e. The Morgan fingerprint density at radius 2 is 1.79 bits per heavy atom. The first-order valence-electron chi connectivity index (χ1n) is 7.22. The minimum atomic E-state index is -0.488. The van der Waals surface area contributed by atoms with E-state index in [0.717, 1.165) is 5.56 Å². The Kier molecular flexibility index (Phi) is 4.77. The first kappa shape index (κ1) is 16.0. The van der Waals surface area contributed by atoms with E-state index in [9.17, 15) is 9.18 Å². The molecule has 0 aliphatic heterocycles. The first-order chi connectivity index (χ1) is 11.6. The van der Waals surface area contributed by atoms with E-state index >= 15 is 0 Å². The molecule has 0 spiro atoms. The number of hydrogen-bond donors (Lipinski definition) is 1. The number of carbonyl (C=O) groups excluding carboxylic acids is 1. The Morgan fingerprint density at radius 3 is 2.58 bits per heavy atom. The van der Waals surface area contributed by atoms with Gasteiger partial charge < -0.3 is 9.73 Å². The highest BCUT2D eigenvalue weighted by atomic mass is 35.5. The second-order valence-corrected chi connectivity index (χ2v) is 5.39. The van der Waals surface area contributed by atoms with Gasteiger partial charge in [0.1, 0.15) is 17.3 Å². The number of hydrogen-bond acceptors (Lipinski definition) is 2. The third-order valence-electron chi connectivity index (χ3n) is 3.30. The molecule has 0 unspecified atom stereocenters. The van der Waals surface area contributed by atoms with Crippen molar-refractivity contribution in [2.24, 2.45) is 0 Å². The van der Waals surface area contributed by atoms with Crippen LogP contribution in [-0.4, -0.2) is 5.91 Å². The summed E-state index contributed by atoms with van der Waals surface area (Å²) in [6.45, 7) is 0. The summed E-state index contributed by atoms with van der Waals surface area (Å²) in [6, 6.07) is 16.8. The molecule has 0 aliphatic rings. The van der Waals surface area contributed by atoms with Gasteiger partial charge >= 0.3 is 0 Å². The van der Waals surface area contributed by atoms with E-state index < -0.39 is 11.7 Å². The van der Waals surface area contributed by atoms with Gasteiger partial charge in [-0.1, -0.05) is 35.9 Å². The minimum Gasteiger partial charge on any atom is -0.457 e. The molecule has 0 radical (unpaired) electrons. The summed E-state index contributed by atoms with van der Waals surface area (Å²) < 4.78 is 19.1. The maximum absolute atomic E-state index is 13.5. The predicted octanol–water partition coefficient (Wildman–Crippen LogP) is 5.39. The fourth-order valence-electron chi connectivity index (χ4n) is 2.14. The summed E-state index contributed by atoms with van der Waals surface area (Å²) in [5.74, 6) is 0.164. The lowest BCUT2D eigenvalue weighted by atomic mass is 10.2. The second kappa shape index (κ2) is 7.15. The standard InChI is InChI=1S/C19H13ClFNO2/c20-15-6-2-1-5-14(15)18-11-9-13(24-18)10-12-19(23)22-17-8-4-3-7-16(17)21/h1-12H,(H,22,23)/b12-10+. The van der Waals surface area contributed by atoms with Crippen LogP contribution in [0.15, 0.2) is 71.2 Å². The van der Waals surface area contributed by atoms with Crippen LogP contribution in [-0.2, 0) is 4.79 Å². The van der Waals surface area contributed by atoms with Crippen molar-refractivity contribution in [2.45, 2.75) is 0 Å². The fraction of sp³-hybridized carbons (Fsp3) is 0. The van der Waals surface area contributed by atoms with Gasteiger partial charge in [0, 0.05) is 11.6 Å². The van der Waals surface area contributed by atoms with Crippen LogP contribution in [0, 0.1) is 5.82 Å². The number of halogens is 2. The van der Waals surface area contributed by atoms with E-state index in [1.165, 1.54) is 24.3 Å². The van der Waals surface area contributed by atoms with Crippen molar-refractivity contribution in [1.82, 2.24) is 0 Å². The van der Waals surface area contributed by atoms with Gasteiger partial charge in [0.2, 0.25) is 5.91 Å². The van der Waals surface area contributed by atoms with Crippen LogP contribution in [0.5, 0.6) is 0 Å². The van der Waals surface area contributed by atoms with Gasteiger partial charge in [-0.3, -0.25) is 4.79 Å². The van der Waals surface area contributed by atoms with Crippen LogP contribution >= 0.6 is 11.6 Å². The Bertz CT molecular complexity index is 902. The summed E-state index contributed by atoms with van der Waals surface area (Å²) in [4.78, 5) is 11.8. The number of furan rings is 1. The lowest BCUT2D eigenvalue weighted by Crippen LogP contribution is -2.08. The molecule has 1 amide bonds. The first-order valence-corrected chi connectivity index (χ1v) is 7.59. The van der Waals surface area contributed by atoms with Crippen LogP contribution in [0.1, 0.15) is 5.76 Å². The average molecular weight is 342 g/mol. The van der Waals surface area contributed by atoms with Crippen molar-refractivity contribution in [3.8, 4) is 11.3 Å². The van der Waals surface area contributed by atoms with E-state index in [1.807, 2.05) is 18.2 Å². The van der Waals surface area contributed by atoms with Crippen molar-refractivity contribution in [2.75, 3.05) is 5.32 Å². The predicted molar refractivity (Wildman–Crippen MR) is 93.2 cm³/mol. The molecular weight excluding hydrogens is 329 g/mol. The van der Waals surface area contributed by atoms with Crippen molar-refractivity contribution in [3.63, 3.8) is 0 Å². The fourth-order valence-corrected chi connectivity index (χ4v) is 2.37. The van der Waals surface area contributed by atoms with Crippen molar-refractivity contribution in [3.05, 3.63) is 83.3 Å². The van der Waals surface area contributed by atoms with E-state index in [0.29, 0.717) is 16.5 Å². The number of benzene rings is 2. The normalized spacial score (nSPS) is 10.9. The largest absolute Gasteiger partial charge is 0.457 e. The zero-order valence-corrected chi connectivity index (χ0v) is 13.3. The average Bonchev–Trinajstić information content (AvgIpc) is 3.04. The molecule has 24 heavy (non-hydrogen) atoms. The lowest BCUT2D eigenvalue weighted by Gasteiger charge is -2.02. The van der Waals surface area contributed by atoms with Gasteiger partial charge in [-0.05, 0) is 42.5 Å². The van der Waals surface area contributed by atoms with Gasteiger partial charge in [0.15, 0.2) is 0 Å². The zero-order valence-electron chi connectivity index (χ0n) is 12.5. The maximum Gasteiger partial charge on any atom is 0.248 e. The Labute approximate surface area is 143 Å². The Morgan fingerprint density at radius 1 is 1.04 bits per heavy atom. The molecule has 3 rings (SSSR count). The Balaban J connectivity index is 1.70. The van der Waals surface area contributed by atoms with Gasteiger partial charge in [0.05, 0.1) is 10.7 Å². The topological polar surface area (TPSA) is 42.2 Å².